The van der Waals surface area contributed by atoms with Crippen molar-refractivity contribution in [2.45, 2.75) is 38.5 Å². The summed E-state index contributed by atoms with van der Waals surface area (Å²) in [6, 6.07) is 2.18. The van der Waals surface area contributed by atoms with Crippen LogP contribution in [0.2, 0.25) is 0 Å². The normalized spacial score (nSPS) is 23.0. The summed E-state index contributed by atoms with van der Waals surface area (Å²) in [4.78, 5) is 9.11. The zero-order valence-electron chi connectivity index (χ0n) is 17.7. The third-order valence-electron chi connectivity index (χ3n) is 5.79. The number of sulfonamides is 1. The maximum Gasteiger partial charge on any atom is 0.220 e. The largest absolute Gasteiger partial charge is 0.364 e. The molecule has 0 amide bonds. The van der Waals surface area contributed by atoms with Crippen LogP contribution >= 0.6 is 0 Å². The van der Waals surface area contributed by atoms with Gasteiger partial charge in [0.15, 0.2) is 5.96 Å². The summed E-state index contributed by atoms with van der Waals surface area (Å²) in [6.45, 7) is 9.87. The van der Waals surface area contributed by atoms with E-state index < -0.39 is 10.0 Å². The average molecular weight is 427 g/mol. The summed E-state index contributed by atoms with van der Waals surface area (Å²) in [5, 5.41) is 7.23. The van der Waals surface area contributed by atoms with Crippen LogP contribution in [0.3, 0.4) is 0 Å². The number of nitrogens with zero attached hydrogens (tertiary/aromatic N) is 5. The van der Waals surface area contributed by atoms with E-state index in [1.165, 1.54) is 30.0 Å². The third kappa shape index (κ3) is 5.93. The van der Waals surface area contributed by atoms with Gasteiger partial charge in [-0.1, -0.05) is 5.16 Å². The molecule has 10 heteroatoms. The van der Waals surface area contributed by atoms with Crippen molar-refractivity contribution in [3.8, 4) is 0 Å². The molecule has 1 aromatic rings. The summed E-state index contributed by atoms with van der Waals surface area (Å²) in [7, 11) is -1.60. The fourth-order valence-corrected chi connectivity index (χ4v) is 5.49. The van der Waals surface area contributed by atoms with Crippen molar-refractivity contribution < 1.29 is 12.9 Å². The third-order valence-corrected chi connectivity index (χ3v) is 7.61. The van der Waals surface area contributed by atoms with E-state index in [1.807, 2.05) is 0 Å². The van der Waals surface area contributed by atoms with Crippen LogP contribution in [-0.4, -0.2) is 92.5 Å². The van der Waals surface area contributed by atoms with Crippen LogP contribution in [0.15, 0.2) is 21.8 Å². The van der Waals surface area contributed by atoms with Gasteiger partial charge in [-0.05, 0) is 39.2 Å². The SMILES string of the molecule is CN=C(NCC1CCCN(C(C)C)C1)N1CCN(S(=O)(=O)Cc2ccon2)CC1. The Labute approximate surface area is 174 Å². The van der Waals surface area contributed by atoms with E-state index in [4.69, 9.17) is 4.52 Å². The van der Waals surface area contributed by atoms with Gasteiger partial charge in [-0.3, -0.25) is 4.99 Å². The minimum absolute atomic E-state index is 0.121. The first-order valence-electron chi connectivity index (χ1n) is 10.5. The van der Waals surface area contributed by atoms with E-state index >= 15 is 0 Å². The molecule has 0 aliphatic carbocycles. The second-order valence-corrected chi connectivity index (χ2v) is 10.1. The lowest BCUT2D eigenvalue weighted by Crippen LogP contribution is -2.54. The van der Waals surface area contributed by atoms with Crippen LogP contribution in [0.4, 0.5) is 0 Å². The molecule has 9 nitrogen and oxygen atoms in total. The molecule has 0 aromatic carbocycles. The molecule has 2 aliphatic heterocycles. The van der Waals surface area contributed by atoms with Crippen molar-refractivity contribution in [1.82, 2.24) is 24.6 Å². The summed E-state index contributed by atoms with van der Waals surface area (Å²) < 4.78 is 31.5. The monoisotopic (exact) mass is 426 g/mol. The van der Waals surface area contributed by atoms with Crippen LogP contribution < -0.4 is 5.32 Å². The van der Waals surface area contributed by atoms with E-state index in [9.17, 15) is 8.42 Å². The number of piperidine rings is 1. The van der Waals surface area contributed by atoms with Crippen LogP contribution in [-0.2, 0) is 15.8 Å². The van der Waals surface area contributed by atoms with E-state index in [1.54, 1.807) is 13.1 Å². The van der Waals surface area contributed by atoms with Gasteiger partial charge >= 0.3 is 0 Å². The van der Waals surface area contributed by atoms with Crippen molar-refractivity contribution in [3.05, 3.63) is 18.0 Å². The summed E-state index contributed by atoms with van der Waals surface area (Å²) in [6.07, 6.45) is 3.87. The Morgan fingerprint density at radius 3 is 2.69 bits per heavy atom. The molecule has 2 saturated heterocycles. The van der Waals surface area contributed by atoms with Gasteiger partial charge in [-0.15, -0.1) is 0 Å². The molecule has 2 aliphatic rings. The molecule has 29 heavy (non-hydrogen) atoms. The molecule has 0 saturated carbocycles. The Hall–Kier alpha value is -1.65. The zero-order valence-corrected chi connectivity index (χ0v) is 18.6. The lowest BCUT2D eigenvalue weighted by atomic mass is 9.97. The molecule has 2 fully saturated rings. The fourth-order valence-electron chi connectivity index (χ4n) is 4.07. The minimum Gasteiger partial charge on any atom is -0.364 e. The second kappa shape index (κ2) is 9.90. The average Bonchev–Trinajstić information content (AvgIpc) is 3.21. The van der Waals surface area contributed by atoms with Crippen LogP contribution in [0, 0.1) is 5.92 Å². The predicted molar refractivity (Wildman–Crippen MR) is 113 cm³/mol. The highest BCUT2D eigenvalue weighted by Gasteiger charge is 2.29. The highest BCUT2D eigenvalue weighted by atomic mass is 32.2. The van der Waals surface area contributed by atoms with Crippen LogP contribution in [0.5, 0.6) is 0 Å². The lowest BCUT2D eigenvalue weighted by molar-refractivity contribution is 0.140. The van der Waals surface area contributed by atoms with E-state index in [0.717, 1.165) is 19.0 Å². The van der Waals surface area contributed by atoms with Crippen LogP contribution in [0.1, 0.15) is 32.4 Å². The Balaban J connectivity index is 1.47. The maximum absolute atomic E-state index is 12.6. The summed E-state index contributed by atoms with van der Waals surface area (Å²) >= 11 is 0. The molecule has 0 bridgehead atoms. The van der Waals surface area contributed by atoms with E-state index in [-0.39, 0.29) is 5.75 Å². The first-order chi connectivity index (χ1) is 13.9. The van der Waals surface area contributed by atoms with Gasteiger partial charge in [-0.25, -0.2) is 8.42 Å². The molecule has 1 unspecified atom stereocenters. The number of hydrogen-bond acceptors (Lipinski definition) is 6. The van der Waals surface area contributed by atoms with Gasteiger partial charge in [0, 0.05) is 58.4 Å². The number of aliphatic imine (C=N–C) groups is 1. The number of nitrogens with one attached hydrogen (secondary N) is 1. The number of rotatable bonds is 6. The fraction of sp³-hybridized carbons (Fsp3) is 0.789. The van der Waals surface area contributed by atoms with Crippen molar-refractivity contribution in [2.75, 3.05) is 52.9 Å². The molecule has 3 heterocycles. The lowest BCUT2D eigenvalue weighted by Gasteiger charge is -2.38. The van der Waals surface area contributed by atoms with Gasteiger partial charge in [0.1, 0.15) is 12.0 Å². The number of likely N-dealkylation sites (tertiary alicyclic amines) is 1. The number of piperazine rings is 1. The molecule has 0 spiro atoms. The van der Waals surface area contributed by atoms with E-state index in [2.05, 4.69) is 39.1 Å². The summed E-state index contributed by atoms with van der Waals surface area (Å²) in [5.41, 5.74) is 0.438. The zero-order chi connectivity index (χ0) is 20.9. The van der Waals surface area contributed by atoms with Crippen molar-refractivity contribution in [2.24, 2.45) is 10.9 Å². The van der Waals surface area contributed by atoms with E-state index in [0.29, 0.717) is 43.8 Å². The van der Waals surface area contributed by atoms with Gasteiger partial charge in [-0.2, -0.15) is 4.31 Å². The predicted octanol–water partition coefficient (Wildman–Crippen LogP) is 0.818. The molecule has 3 rings (SSSR count). The van der Waals surface area contributed by atoms with Crippen molar-refractivity contribution in [3.63, 3.8) is 0 Å². The maximum atomic E-state index is 12.6. The Morgan fingerprint density at radius 1 is 1.31 bits per heavy atom. The minimum atomic E-state index is -3.39. The van der Waals surface area contributed by atoms with Gasteiger partial charge < -0.3 is 19.6 Å². The Kier molecular flexibility index (Phi) is 7.53. The standard InChI is InChI=1S/C19H34N6O3S/c1-16(2)24-7-4-5-17(14-24)13-21-19(20-3)23-8-10-25(11-9-23)29(26,27)15-18-6-12-28-22-18/h6,12,16-17H,4-5,7-11,13-15H2,1-3H3,(H,20,21). The topological polar surface area (TPSA) is 94.3 Å². The van der Waals surface area contributed by atoms with Crippen molar-refractivity contribution >= 4 is 16.0 Å². The second-order valence-electron chi connectivity index (χ2n) is 8.16. The number of aromatic nitrogens is 1. The molecular weight excluding hydrogens is 392 g/mol. The van der Waals surface area contributed by atoms with Crippen LogP contribution in [0.25, 0.3) is 0 Å². The molecular formula is C19H34N6O3S. The molecule has 1 atom stereocenters. The molecule has 1 aromatic heterocycles. The summed E-state index contributed by atoms with van der Waals surface area (Å²) in [5.74, 6) is 1.36. The highest BCUT2D eigenvalue weighted by molar-refractivity contribution is 7.88. The van der Waals surface area contributed by atoms with Gasteiger partial charge in [0.25, 0.3) is 0 Å². The first-order valence-corrected chi connectivity index (χ1v) is 12.1. The highest BCUT2D eigenvalue weighted by Crippen LogP contribution is 2.18. The number of guanidine groups is 1. The van der Waals surface area contributed by atoms with Crippen molar-refractivity contribution in [1.29, 1.82) is 0 Å². The Bertz CT molecular complexity index is 757. The van der Waals surface area contributed by atoms with Gasteiger partial charge in [0.2, 0.25) is 10.0 Å². The number of hydrogen-bond donors (Lipinski definition) is 1. The Morgan fingerprint density at radius 2 is 2.07 bits per heavy atom. The molecule has 1 N–H and O–H groups in total. The quantitative estimate of drug-likeness (QED) is 0.531. The molecule has 164 valence electrons. The smallest absolute Gasteiger partial charge is 0.220 e. The molecule has 0 radical (unpaired) electrons. The first kappa shape index (κ1) is 22.0. The van der Waals surface area contributed by atoms with Gasteiger partial charge in [0.05, 0.1) is 5.69 Å².